The first-order valence-electron chi connectivity index (χ1n) is 6.95. The lowest BCUT2D eigenvalue weighted by Gasteiger charge is -2.06. The van der Waals surface area contributed by atoms with Gasteiger partial charge in [0, 0.05) is 6.92 Å². The van der Waals surface area contributed by atoms with Crippen LogP contribution < -0.4 is 15.9 Å². The van der Waals surface area contributed by atoms with Crippen molar-refractivity contribution in [3.05, 3.63) is 54.1 Å². The van der Waals surface area contributed by atoms with Crippen molar-refractivity contribution in [3.8, 4) is 16.9 Å². The number of esters is 1. The first-order valence-corrected chi connectivity index (χ1v) is 7.35. The summed E-state index contributed by atoms with van der Waals surface area (Å²) in [6.45, 7) is 3.25. The summed E-state index contributed by atoms with van der Waals surface area (Å²) in [4.78, 5) is 10.9. The molecule has 0 unspecified atom stereocenters. The van der Waals surface area contributed by atoms with E-state index in [1.54, 1.807) is 12.1 Å². The number of rotatable bonds is 4. The van der Waals surface area contributed by atoms with E-state index in [1.807, 2.05) is 43.3 Å². The zero-order valence-corrected chi connectivity index (χ0v) is 13.7. The largest absolute Gasteiger partial charge is 0.427 e. The van der Waals surface area contributed by atoms with Gasteiger partial charge in [0.1, 0.15) is 5.75 Å². The molecule has 0 spiro atoms. The van der Waals surface area contributed by atoms with Gasteiger partial charge in [-0.3, -0.25) is 10.2 Å². The Morgan fingerprint density at radius 2 is 1.57 bits per heavy atom. The second-order valence-electron chi connectivity index (χ2n) is 4.87. The first-order chi connectivity index (χ1) is 11.0. The van der Waals surface area contributed by atoms with Gasteiger partial charge in [0.2, 0.25) is 0 Å². The number of thiocarbonyl (C=S) groups is 1. The molecule has 0 aromatic heterocycles. The predicted molar refractivity (Wildman–Crippen MR) is 95.3 cm³/mol. The Morgan fingerprint density at radius 3 is 2.04 bits per heavy atom. The lowest BCUT2D eigenvalue weighted by atomic mass is 10.0. The Balaban J connectivity index is 2.14. The highest BCUT2D eigenvalue weighted by atomic mass is 32.1. The Hall–Kier alpha value is -2.73. The Bertz CT molecular complexity index is 737. The van der Waals surface area contributed by atoms with Crippen molar-refractivity contribution in [2.75, 3.05) is 0 Å². The molecule has 0 saturated heterocycles. The van der Waals surface area contributed by atoms with Gasteiger partial charge in [-0.25, -0.2) is 0 Å². The number of hydrogen-bond donors (Lipinski definition) is 2. The Morgan fingerprint density at radius 1 is 1.04 bits per heavy atom. The van der Waals surface area contributed by atoms with E-state index in [9.17, 15) is 4.79 Å². The maximum Gasteiger partial charge on any atom is 0.308 e. The molecule has 0 fully saturated rings. The number of nitrogens with zero attached hydrogens (tertiary/aromatic N) is 1. The highest BCUT2D eigenvalue weighted by molar-refractivity contribution is 7.80. The Labute approximate surface area is 140 Å². The fourth-order valence-corrected chi connectivity index (χ4v) is 2.03. The number of hydrazone groups is 1. The number of carbonyl (C=O) groups is 1. The van der Waals surface area contributed by atoms with E-state index in [1.165, 1.54) is 6.92 Å². The van der Waals surface area contributed by atoms with E-state index in [2.05, 4.69) is 10.5 Å². The zero-order valence-electron chi connectivity index (χ0n) is 12.9. The summed E-state index contributed by atoms with van der Waals surface area (Å²) in [5.41, 5.74) is 11.7. The molecule has 0 bridgehead atoms. The molecule has 5 nitrogen and oxygen atoms in total. The summed E-state index contributed by atoms with van der Waals surface area (Å²) in [5.74, 6) is 0.201. The smallest absolute Gasteiger partial charge is 0.308 e. The van der Waals surface area contributed by atoms with Crippen molar-refractivity contribution in [1.29, 1.82) is 0 Å². The fraction of sp³-hybridized carbons (Fsp3) is 0.118. The first kappa shape index (κ1) is 16.6. The molecule has 23 heavy (non-hydrogen) atoms. The average Bonchev–Trinajstić information content (AvgIpc) is 2.53. The second-order valence-corrected chi connectivity index (χ2v) is 5.31. The van der Waals surface area contributed by atoms with Crippen molar-refractivity contribution < 1.29 is 9.53 Å². The maximum absolute atomic E-state index is 10.9. The third-order valence-corrected chi connectivity index (χ3v) is 3.18. The second kappa shape index (κ2) is 7.51. The number of hydrogen-bond acceptors (Lipinski definition) is 4. The summed E-state index contributed by atoms with van der Waals surface area (Å²) >= 11 is 4.71. The van der Waals surface area contributed by atoms with E-state index < -0.39 is 0 Å². The van der Waals surface area contributed by atoms with E-state index in [0.29, 0.717) is 5.75 Å². The molecule has 0 atom stereocenters. The number of benzene rings is 2. The van der Waals surface area contributed by atoms with Gasteiger partial charge in [0.25, 0.3) is 0 Å². The van der Waals surface area contributed by atoms with Crippen LogP contribution in [0.5, 0.6) is 5.75 Å². The van der Waals surface area contributed by atoms with E-state index in [-0.39, 0.29) is 11.1 Å². The molecule has 118 valence electrons. The van der Waals surface area contributed by atoms with E-state index in [4.69, 9.17) is 22.7 Å². The number of nitrogens with one attached hydrogen (secondary N) is 1. The van der Waals surface area contributed by atoms with Gasteiger partial charge in [-0.15, -0.1) is 0 Å². The molecule has 0 heterocycles. The van der Waals surface area contributed by atoms with Crippen LogP contribution >= 0.6 is 12.2 Å². The lowest BCUT2D eigenvalue weighted by Crippen LogP contribution is -2.25. The van der Waals surface area contributed by atoms with Crippen LogP contribution in [0.15, 0.2) is 53.6 Å². The van der Waals surface area contributed by atoms with Crippen LogP contribution in [-0.2, 0) is 4.79 Å². The van der Waals surface area contributed by atoms with Crippen LogP contribution in [0.2, 0.25) is 0 Å². The van der Waals surface area contributed by atoms with Gasteiger partial charge in [-0.1, -0.05) is 36.4 Å². The highest BCUT2D eigenvalue weighted by Gasteiger charge is 2.02. The van der Waals surface area contributed by atoms with Crippen LogP contribution in [0.3, 0.4) is 0 Å². The molecule has 2 aromatic rings. The quantitative estimate of drug-likeness (QED) is 0.297. The SMILES string of the molecule is CC(=O)Oc1ccc(-c2ccc(/C(C)=N/NC(N)=S)cc2)cc1. The van der Waals surface area contributed by atoms with Crippen molar-refractivity contribution in [1.82, 2.24) is 5.43 Å². The van der Waals surface area contributed by atoms with Gasteiger partial charge < -0.3 is 10.5 Å². The number of ether oxygens (including phenoxy) is 1. The zero-order chi connectivity index (χ0) is 16.8. The lowest BCUT2D eigenvalue weighted by molar-refractivity contribution is -0.131. The molecule has 0 saturated carbocycles. The van der Waals surface area contributed by atoms with Gasteiger partial charge in [0.15, 0.2) is 5.11 Å². The highest BCUT2D eigenvalue weighted by Crippen LogP contribution is 2.23. The van der Waals surface area contributed by atoms with Gasteiger partial charge in [0.05, 0.1) is 5.71 Å². The summed E-state index contributed by atoms with van der Waals surface area (Å²) in [7, 11) is 0. The van der Waals surface area contributed by atoms with Crippen molar-refractivity contribution in [2.24, 2.45) is 10.8 Å². The average molecular weight is 327 g/mol. The normalized spacial score (nSPS) is 11.0. The maximum atomic E-state index is 10.9. The van der Waals surface area contributed by atoms with Gasteiger partial charge in [-0.05, 0) is 48.0 Å². The van der Waals surface area contributed by atoms with E-state index >= 15 is 0 Å². The van der Waals surface area contributed by atoms with Crippen molar-refractivity contribution >= 4 is 29.0 Å². The van der Waals surface area contributed by atoms with Gasteiger partial charge >= 0.3 is 5.97 Å². The minimum absolute atomic E-state index is 0.133. The van der Waals surface area contributed by atoms with Crippen molar-refractivity contribution in [2.45, 2.75) is 13.8 Å². The molecule has 0 radical (unpaired) electrons. The third-order valence-electron chi connectivity index (χ3n) is 3.09. The Kier molecular flexibility index (Phi) is 5.43. The molecule has 0 amide bonds. The molecular formula is C17H17N3O2S. The molecule has 2 rings (SSSR count). The molecule has 2 aromatic carbocycles. The summed E-state index contributed by atoms with van der Waals surface area (Å²) < 4.78 is 5.02. The summed E-state index contributed by atoms with van der Waals surface area (Å²) in [5, 5.41) is 4.22. The topological polar surface area (TPSA) is 76.7 Å². The molecular weight excluding hydrogens is 310 g/mol. The standard InChI is InChI=1S/C17H17N3O2S/c1-11(19-20-17(18)23)13-3-5-14(6-4-13)15-7-9-16(10-8-15)22-12(2)21/h3-10H,1-2H3,(H3,18,20,23)/b19-11+. The van der Waals surface area contributed by atoms with Crippen LogP contribution in [0.4, 0.5) is 0 Å². The van der Waals surface area contributed by atoms with Gasteiger partial charge in [-0.2, -0.15) is 5.10 Å². The monoisotopic (exact) mass is 327 g/mol. The minimum atomic E-state index is -0.331. The summed E-state index contributed by atoms with van der Waals surface area (Å²) in [6, 6.07) is 15.3. The molecule has 0 aliphatic heterocycles. The van der Waals surface area contributed by atoms with Crippen LogP contribution in [0, 0.1) is 0 Å². The van der Waals surface area contributed by atoms with Crippen LogP contribution in [0.25, 0.3) is 11.1 Å². The number of nitrogens with two attached hydrogens (primary N) is 1. The van der Waals surface area contributed by atoms with Crippen LogP contribution in [-0.4, -0.2) is 16.8 Å². The van der Waals surface area contributed by atoms with Crippen LogP contribution in [0.1, 0.15) is 19.4 Å². The third kappa shape index (κ3) is 4.89. The molecule has 0 aliphatic carbocycles. The predicted octanol–water partition coefficient (Wildman–Crippen LogP) is 2.84. The summed E-state index contributed by atoms with van der Waals surface area (Å²) in [6.07, 6.45) is 0. The molecule has 3 N–H and O–H groups in total. The van der Waals surface area contributed by atoms with Crippen molar-refractivity contribution in [3.63, 3.8) is 0 Å². The van der Waals surface area contributed by atoms with E-state index in [0.717, 1.165) is 22.4 Å². The number of carbonyl (C=O) groups excluding carboxylic acids is 1. The molecule has 6 heteroatoms. The molecule has 0 aliphatic rings. The fourth-order valence-electron chi connectivity index (χ4n) is 1.99. The minimum Gasteiger partial charge on any atom is -0.427 e.